The van der Waals surface area contributed by atoms with Crippen molar-refractivity contribution in [3.63, 3.8) is 0 Å². The minimum absolute atomic E-state index is 0.0891. The highest BCUT2D eigenvalue weighted by molar-refractivity contribution is 7.81. The van der Waals surface area contributed by atoms with Crippen LogP contribution in [0.4, 0.5) is 10.5 Å². The third-order valence-electron chi connectivity index (χ3n) is 4.09. The first kappa shape index (κ1) is 20.7. The van der Waals surface area contributed by atoms with Crippen LogP contribution in [-0.2, 0) is 20.6 Å². The SMILES string of the molecule is CC#CCOc1ccc(N2C[C@H](C[C@](C)(C(=O)NO)S(=O)O)OC2=O)cc1. The highest BCUT2D eigenvalue weighted by Gasteiger charge is 2.45. The summed E-state index contributed by atoms with van der Waals surface area (Å²) in [4.78, 5) is 25.2. The number of rotatable bonds is 7. The zero-order chi connectivity index (χ0) is 20.0. The Hall–Kier alpha value is -2.61. The number of carbonyl (C=O) groups excluding carboxylic acids is 2. The molecule has 0 radical (unpaired) electrons. The van der Waals surface area contributed by atoms with Crippen LogP contribution in [0.25, 0.3) is 0 Å². The quantitative estimate of drug-likeness (QED) is 0.274. The van der Waals surface area contributed by atoms with Crippen molar-refractivity contribution in [2.75, 3.05) is 18.1 Å². The maximum atomic E-state index is 12.1. The first-order chi connectivity index (χ1) is 12.8. The second kappa shape index (κ2) is 8.85. The Bertz CT molecular complexity index is 787. The van der Waals surface area contributed by atoms with Gasteiger partial charge in [-0.25, -0.2) is 14.5 Å². The van der Waals surface area contributed by atoms with Crippen LogP contribution < -0.4 is 15.1 Å². The van der Waals surface area contributed by atoms with Gasteiger partial charge in [-0.1, -0.05) is 5.92 Å². The Kier molecular flexibility index (Phi) is 6.79. The van der Waals surface area contributed by atoms with E-state index in [0.29, 0.717) is 11.4 Å². The highest BCUT2D eigenvalue weighted by Crippen LogP contribution is 2.29. The lowest BCUT2D eigenvalue weighted by Gasteiger charge is -2.25. The summed E-state index contributed by atoms with van der Waals surface area (Å²) in [6, 6.07) is 6.70. The third-order valence-corrected chi connectivity index (χ3v) is 5.22. The fourth-order valence-electron chi connectivity index (χ4n) is 2.55. The van der Waals surface area contributed by atoms with Gasteiger partial charge in [0.1, 0.15) is 18.5 Å². The van der Waals surface area contributed by atoms with E-state index >= 15 is 0 Å². The summed E-state index contributed by atoms with van der Waals surface area (Å²) in [6.45, 7) is 3.26. The smallest absolute Gasteiger partial charge is 0.414 e. The van der Waals surface area contributed by atoms with Crippen molar-refractivity contribution in [3.05, 3.63) is 24.3 Å². The van der Waals surface area contributed by atoms with Crippen LogP contribution in [0, 0.1) is 11.8 Å². The molecule has 27 heavy (non-hydrogen) atoms. The molecule has 1 aliphatic rings. The molecule has 2 rings (SSSR count). The van der Waals surface area contributed by atoms with Gasteiger partial charge in [-0.2, -0.15) is 0 Å². The molecular formula is C17H20N2O7S. The summed E-state index contributed by atoms with van der Waals surface area (Å²) < 4.78 is 29.8. The van der Waals surface area contributed by atoms with Crippen molar-refractivity contribution < 1.29 is 33.0 Å². The number of ether oxygens (including phenoxy) is 2. The van der Waals surface area contributed by atoms with Crippen molar-refractivity contribution in [1.29, 1.82) is 0 Å². The van der Waals surface area contributed by atoms with E-state index < -0.39 is 33.9 Å². The van der Waals surface area contributed by atoms with Crippen LogP contribution in [0.2, 0.25) is 0 Å². The molecule has 3 atom stereocenters. The van der Waals surface area contributed by atoms with Gasteiger partial charge < -0.3 is 14.0 Å². The van der Waals surface area contributed by atoms with Gasteiger partial charge in [0.05, 0.1) is 6.54 Å². The van der Waals surface area contributed by atoms with E-state index in [4.69, 9.17) is 14.7 Å². The van der Waals surface area contributed by atoms with Gasteiger partial charge in [-0.3, -0.25) is 14.9 Å². The number of hydrogen-bond donors (Lipinski definition) is 3. The molecule has 10 heteroatoms. The summed E-state index contributed by atoms with van der Waals surface area (Å²) in [7, 11) is 0. The number of amides is 2. The van der Waals surface area contributed by atoms with Crippen LogP contribution in [0.1, 0.15) is 20.3 Å². The van der Waals surface area contributed by atoms with Gasteiger partial charge in [0.25, 0.3) is 5.91 Å². The minimum atomic E-state index is -2.58. The van der Waals surface area contributed by atoms with Crippen molar-refractivity contribution in [2.24, 2.45) is 0 Å². The number of nitrogens with one attached hydrogen (secondary N) is 1. The molecule has 9 nitrogen and oxygen atoms in total. The summed E-state index contributed by atoms with van der Waals surface area (Å²) in [5.74, 6) is 5.05. The van der Waals surface area contributed by atoms with E-state index in [1.54, 1.807) is 31.2 Å². The predicted molar refractivity (Wildman–Crippen MR) is 96.7 cm³/mol. The second-order valence-corrected chi connectivity index (χ2v) is 7.35. The lowest BCUT2D eigenvalue weighted by atomic mass is 10.0. The zero-order valence-electron chi connectivity index (χ0n) is 14.8. The summed E-state index contributed by atoms with van der Waals surface area (Å²) in [5.41, 5.74) is 1.92. The molecule has 1 aliphatic heterocycles. The predicted octanol–water partition coefficient (Wildman–Crippen LogP) is 1.29. The lowest BCUT2D eigenvalue weighted by molar-refractivity contribution is -0.132. The molecule has 1 unspecified atom stereocenters. The summed E-state index contributed by atoms with van der Waals surface area (Å²) >= 11 is -2.58. The number of anilines is 1. The topological polar surface area (TPSA) is 125 Å². The Morgan fingerprint density at radius 2 is 2.15 bits per heavy atom. The van der Waals surface area contributed by atoms with Gasteiger partial charge in [-0.15, -0.1) is 5.92 Å². The molecule has 1 saturated heterocycles. The van der Waals surface area contributed by atoms with Gasteiger partial charge in [0.15, 0.2) is 15.8 Å². The van der Waals surface area contributed by atoms with Crippen LogP contribution in [-0.4, -0.2) is 50.0 Å². The van der Waals surface area contributed by atoms with Crippen LogP contribution >= 0.6 is 0 Å². The Morgan fingerprint density at radius 3 is 2.70 bits per heavy atom. The summed E-state index contributed by atoms with van der Waals surface area (Å²) in [5, 5.41) is 8.80. The Balaban J connectivity index is 2.07. The normalized spacial score (nSPS) is 19.3. The molecule has 3 N–H and O–H groups in total. The molecule has 0 spiro atoms. The molecule has 1 aromatic carbocycles. The number of benzene rings is 1. The molecule has 1 fully saturated rings. The lowest BCUT2D eigenvalue weighted by Crippen LogP contribution is -2.49. The van der Waals surface area contributed by atoms with E-state index in [9.17, 15) is 18.4 Å². The van der Waals surface area contributed by atoms with Gasteiger partial charge in [0.2, 0.25) is 0 Å². The average molecular weight is 396 g/mol. The van der Waals surface area contributed by atoms with Crippen LogP contribution in [0.5, 0.6) is 5.75 Å². The first-order valence-electron chi connectivity index (χ1n) is 7.98. The molecule has 146 valence electrons. The highest BCUT2D eigenvalue weighted by atomic mass is 32.2. The number of hydrogen-bond acceptors (Lipinski definition) is 6. The molecular weight excluding hydrogens is 376 g/mol. The van der Waals surface area contributed by atoms with Crippen molar-refractivity contribution in [3.8, 4) is 17.6 Å². The van der Waals surface area contributed by atoms with Crippen molar-refractivity contribution >= 4 is 28.8 Å². The van der Waals surface area contributed by atoms with Crippen LogP contribution in [0.3, 0.4) is 0 Å². The van der Waals surface area contributed by atoms with Gasteiger partial charge in [-0.05, 0) is 38.1 Å². The molecule has 0 aliphatic carbocycles. The standard InChI is InChI=1S/C17H20N2O7S/c1-3-4-9-25-13-7-5-12(6-8-13)19-11-14(26-16(19)21)10-17(2,27(23)24)15(20)18-22/h5-8,14,22H,9-11H2,1-2H3,(H,18,20)(H,23,24)/t14-,17+/m0/s1. The summed E-state index contributed by atoms with van der Waals surface area (Å²) in [6.07, 6.45) is -1.67. The minimum Gasteiger partial charge on any atom is -0.481 e. The molecule has 0 aromatic heterocycles. The third kappa shape index (κ3) is 4.77. The molecule has 0 bridgehead atoms. The second-order valence-electron chi connectivity index (χ2n) is 5.95. The van der Waals surface area contributed by atoms with Crippen molar-refractivity contribution in [1.82, 2.24) is 5.48 Å². The van der Waals surface area contributed by atoms with Crippen molar-refractivity contribution in [2.45, 2.75) is 31.1 Å². The van der Waals surface area contributed by atoms with Gasteiger partial charge in [0, 0.05) is 12.1 Å². The number of cyclic esters (lactones) is 1. The maximum absolute atomic E-state index is 12.1. The zero-order valence-corrected chi connectivity index (χ0v) is 15.6. The van der Waals surface area contributed by atoms with E-state index in [-0.39, 0.29) is 19.6 Å². The van der Waals surface area contributed by atoms with E-state index in [2.05, 4.69) is 11.8 Å². The average Bonchev–Trinajstić information content (AvgIpc) is 3.01. The van der Waals surface area contributed by atoms with E-state index in [1.807, 2.05) is 0 Å². The first-order valence-corrected chi connectivity index (χ1v) is 9.08. The monoisotopic (exact) mass is 396 g/mol. The molecule has 1 aromatic rings. The van der Waals surface area contributed by atoms with E-state index in [1.165, 1.54) is 17.3 Å². The largest absolute Gasteiger partial charge is 0.481 e. The molecule has 0 saturated carbocycles. The van der Waals surface area contributed by atoms with Crippen LogP contribution in [0.15, 0.2) is 24.3 Å². The fraction of sp³-hybridized carbons (Fsp3) is 0.412. The fourth-order valence-corrected chi connectivity index (χ4v) is 3.08. The number of hydroxylamine groups is 1. The molecule has 1 heterocycles. The number of nitrogens with zero attached hydrogens (tertiary/aromatic N) is 1. The maximum Gasteiger partial charge on any atom is 0.414 e. The molecule has 2 amide bonds. The Labute approximate surface area is 158 Å². The van der Waals surface area contributed by atoms with Gasteiger partial charge >= 0.3 is 6.09 Å². The number of carbonyl (C=O) groups is 2. The Morgan fingerprint density at radius 1 is 1.48 bits per heavy atom. The van der Waals surface area contributed by atoms with E-state index in [0.717, 1.165) is 0 Å².